The minimum absolute atomic E-state index is 0.125. The SMILES string of the molecule is COC(=O)c1c(NC(=O)CSc2nnc(COc3cc(C)ccc3Cl)n2C)sc2c1CCCC2. The van der Waals surface area contributed by atoms with Crippen LogP contribution in [0.1, 0.15) is 45.0 Å². The lowest BCUT2D eigenvalue weighted by molar-refractivity contribution is -0.113. The summed E-state index contributed by atoms with van der Waals surface area (Å²) in [6.45, 7) is 2.16. The molecular formula is C23H25ClN4O4S2. The lowest BCUT2D eigenvalue weighted by atomic mass is 9.95. The van der Waals surface area contributed by atoms with Gasteiger partial charge in [0.2, 0.25) is 5.91 Å². The summed E-state index contributed by atoms with van der Waals surface area (Å²) in [5, 5.41) is 12.9. The molecule has 0 saturated carbocycles. The van der Waals surface area contributed by atoms with E-state index in [0.29, 0.717) is 32.3 Å². The van der Waals surface area contributed by atoms with Crippen LogP contribution in [0, 0.1) is 6.92 Å². The van der Waals surface area contributed by atoms with E-state index >= 15 is 0 Å². The Labute approximate surface area is 211 Å². The number of hydrogen-bond acceptors (Lipinski definition) is 8. The molecule has 0 saturated heterocycles. The number of thioether (sulfide) groups is 1. The van der Waals surface area contributed by atoms with E-state index < -0.39 is 5.97 Å². The third kappa shape index (κ3) is 5.39. The van der Waals surface area contributed by atoms with Crippen LogP contribution in [0.15, 0.2) is 23.4 Å². The van der Waals surface area contributed by atoms with Crippen LogP contribution in [-0.4, -0.2) is 39.5 Å². The van der Waals surface area contributed by atoms with Gasteiger partial charge in [0.05, 0.1) is 23.4 Å². The zero-order chi connectivity index (χ0) is 24.2. The molecule has 0 bridgehead atoms. The maximum atomic E-state index is 12.7. The fourth-order valence-corrected chi connectivity index (χ4v) is 5.92. The Balaban J connectivity index is 1.38. The summed E-state index contributed by atoms with van der Waals surface area (Å²) in [4.78, 5) is 26.2. The maximum Gasteiger partial charge on any atom is 0.341 e. The van der Waals surface area contributed by atoms with Crippen molar-refractivity contribution in [3.05, 3.63) is 50.6 Å². The Hall–Kier alpha value is -2.56. The maximum absolute atomic E-state index is 12.7. The van der Waals surface area contributed by atoms with Crippen molar-refractivity contribution in [3.8, 4) is 5.75 Å². The number of amides is 1. The van der Waals surface area contributed by atoms with Gasteiger partial charge in [0, 0.05) is 11.9 Å². The number of halogens is 1. The molecule has 0 radical (unpaired) electrons. The summed E-state index contributed by atoms with van der Waals surface area (Å²) in [6.07, 6.45) is 3.88. The molecule has 2 aromatic heterocycles. The first-order valence-corrected chi connectivity index (χ1v) is 13.0. The molecule has 1 aliphatic rings. The Bertz CT molecular complexity index is 1220. The second kappa shape index (κ2) is 10.8. The fraction of sp³-hybridized carbons (Fsp3) is 0.391. The zero-order valence-electron chi connectivity index (χ0n) is 19.1. The van der Waals surface area contributed by atoms with E-state index in [4.69, 9.17) is 21.1 Å². The van der Waals surface area contributed by atoms with Crippen LogP contribution in [0.5, 0.6) is 5.75 Å². The number of aryl methyl sites for hydroxylation is 2. The number of carbonyl (C=O) groups is 2. The first kappa shape index (κ1) is 24.6. The molecule has 0 aliphatic heterocycles. The lowest BCUT2D eigenvalue weighted by Crippen LogP contribution is -2.17. The normalized spacial score (nSPS) is 12.8. The first-order valence-electron chi connectivity index (χ1n) is 10.8. The third-order valence-electron chi connectivity index (χ3n) is 5.51. The molecule has 4 rings (SSSR count). The quantitative estimate of drug-likeness (QED) is 0.336. The van der Waals surface area contributed by atoms with Crippen LogP contribution < -0.4 is 10.1 Å². The van der Waals surface area contributed by atoms with Crippen LogP contribution in [0.4, 0.5) is 5.00 Å². The topological polar surface area (TPSA) is 95.3 Å². The van der Waals surface area contributed by atoms with Gasteiger partial charge in [-0.2, -0.15) is 0 Å². The summed E-state index contributed by atoms with van der Waals surface area (Å²) >= 11 is 8.92. The van der Waals surface area contributed by atoms with E-state index in [0.717, 1.165) is 41.7 Å². The number of ether oxygens (including phenoxy) is 2. The molecule has 1 amide bonds. The van der Waals surface area contributed by atoms with E-state index in [1.807, 2.05) is 26.1 Å². The average Bonchev–Trinajstić information content (AvgIpc) is 3.37. The van der Waals surface area contributed by atoms with Gasteiger partial charge in [0.1, 0.15) is 17.4 Å². The number of anilines is 1. The second-order valence-electron chi connectivity index (χ2n) is 7.92. The third-order valence-corrected chi connectivity index (χ3v) is 8.05. The zero-order valence-corrected chi connectivity index (χ0v) is 21.5. The molecule has 34 heavy (non-hydrogen) atoms. The van der Waals surface area contributed by atoms with Gasteiger partial charge < -0.3 is 19.4 Å². The predicted octanol–water partition coefficient (Wildman–Crippen LogP) is 4.81. The lowest BCUT2D eigenvalue weighted by Gasteiger charge is -2.11. The fourth-order valence-electron chi connectivity index (χ4n) is 3.72. The van der Waals surface area contributed by atoms with E-state index in [1.165, 1.54) is 30.2 Å². The monoisotopic (exact) mass is 520 g/mol. The van der Waals surface area contributed by atoms with Gasteiger partial charge >= 0.3 is 5.97 Å². The number of rotatable bonds is 8. The Morgan fingerprint density at radius 1 is 1.26 bits per heavy atom. The van der Waals surface area contributed by atoms with Gasteiger partial charge in [-0.05, 0) is 55.9 Å². The van der Waals surface area contributed by atoms with Crippen molar-refractivity contribution < 1.29 is 19.1 Å². The van der Waals surface area contributed by atoms with E-state index in [1.54, 1.807) is 10.6 Å². The van der Waals surface area contributed by atoms with Crippen LogP contribution in [-0.2, 0) is 36.0 Å². The summed E-state index contributed by atoms with van der Waals surface area (Å²) in [5.74, 6) is 0.687. The van der Waals surface area contributed by atoms with Crippen molar-refractivity contribution in [1.82, 2.24) is 14.8 Å². The van der Waals surface area contributed by atoms with Crippen LogP contribution in [0.3, 0.4) is 0 Å². The van der Waals surface area contributed by atoms with E-state index in [9.17, 15) is 9.59 Å². The number of nitrogens with one attached hydrogen (secondary N) is 1. The largest absolute Gasteiger partial charge is 0.484 e. The van der Waals surface area contributed by atoms with Crippen LogP contribution >= 0.6 is 34.7 Å². The number of aromatic nitrogens is 3. The smallest absolute Gasteiger partial charge is 0.341 e. The number of esters is 1. The summed E-state index contributed by atoms with van der Waals surface area (Å²) in [7, 11) is 3.18. The van der Waals surface area contributed by atoms with Crippen molar-refractivity contribution in [2.24, 2.45) is 7.05 Å². The Morgan fingerprint density at radius 3 is 2.85 bits per heavy atom. The van der Waals surface area contributed by atoms with Crippen molar-refractivity contribution in [1.29, 1.82) is 0 Å². The van der Waals surface area contributed by atoms with Gasteiger partial charge in [-0.25, -0.2) is 4.79 Å². The number of fused-ring (bicyclic) bond motifs is 1. The first-order chi connectivity index (χ1) is 16.4. The molecule has 11 heteroatoms. The summed E-state index contributed by atoms with van der Waals surface area (Å²) < 4.78 is 12.6. The van der Waals surface area contributed by atoms with Crippen LogP contribution in [0.2, 0.25) is 5.02 Å². The summed E-state index contributed by atoms with van der Waals surface area (Å²) in [6, 6.07) is 5.57. The molecular weight excluding hydrogens is 496 g/mol. The Morgan fingerprint density at radius 2 is 2.06 bits per heavy atom. The standard InChI is InChI=1S/C23H25ClN4O4S2/c1-13-8-9-15(24)16(10-13)32-11-18-26-27-23(28(18)2)33-12-19(29)25-21-20(22(30)31-3)14-6-4-5-7-17(14)34-21/h8-10H,4-7,11-12H2,1-3H3,(H,25,29). The highest BCUT2D eigenvalue weighted by Gasteiger charge is 2.27. The molecule has 1 aromatic carbocycles. The molecule has 0 fully saturated rings. The molecule has 8 nitrogen and oxygen atoms in total. The number of thiophene rings is 1. The second-order valence-corrected chi connectivity index (χ2v) is 10.4. The van der Waals surface area contributed by atoms with E-state index in [2.05, 4.69) is 15.5 Å². The molecule has 0 unspecified atom stereocenters. The highest BCUT2D eigenvalue weighted by Crippen LogP contribution is 2.38. The van der Waals surface area contributed by atoms with E-state index in [-0.39, 0.29) is 18.3 Å². The molecule has 3 aromatic rings. The minimum atomic E-state index is -0.408. The number of hydrogen-bond donors (Lipinski definition) is 1. The average molecular weight is 521 g/mol. The van der Waals surface area contributed by atoms with Crippen molar-refractivity contribution >= 4 is 51.6 Å². The molecule has 2 heterocycles. The number of carbonyl (C=O) groups excluding carboxylic acids is 2. The van der Waals surface area contributed by atoms with Gasteiger partial charge in [0.25, 0.3) is 0 Å². The van der Waals surface area contributed by atoms with Gasteiger partial charge in [0.15, 0.2) is 11.0 Å². The Kier molecular flexibility index (Phi) is 7.80. The van der Waals surface area contributed by atoms with Gasteiger partial charge in [-0.3, -0.25) is 4.79 Å². The molecule has 0 atom stereocenters. The van der Waals surface area contributed by atoms with Crippen molar-refractivity contribution in [3.63, 3.8) is 0 Å². The molecule has 180 valence electrons. The minimum Gasteiger partial charge on any atom is -0.484 e. The molecule has 1 N–H and O–H groups in total. The summed E-state index contributed by atoms with van der Waals surface area (Å²) in [5.41, 5.74) is 2.55. The predicted molar refractivity (Wildman–Crippen MR) is 133 cm³/mol. The van der Waals surface area contributed by atoms with Crippen LogP contribution in [0.25, 0.3) is 0 Å². The number of nitrogens with zero attached hydrogens (tertiary/aromatic N) is 3. The molecule has 0 spiro atoms. The highest BCUT2D eigenvalue weighted by atomic mass is 35.5. The van der Waals surface area contributed by atoms with Crippen molar-refractivity contribution in [2.75, 3.05) is 18.2 Å². The van der Waals surface area contributed by atoms with Gasteiger partial charge in [-0.1, -0.05) is 29.4 Å². The molecule has 1 aliphatic carbocycles. The van der Waals surface area contributed by atoms with Gasteiger partial charge in [-0.15, -0.1) is 21.5 Å². The number of benzene rings is 1. The highest BCUT2D eigenvalue weighted by molar-refractivity contribution is 7.99. The van der Waals surface area contributed by atoms with Crippen molar-refractivity contribution in [2.45, 2.75) is 44.4 Å². The number of methoxy groups -OCH3 is 1.